The van der Waals surface area contributed by atoms with Crippen molar-refractivity contribution in [3.8, 4) is 0 Å². The molecule has 1 fully saturated rings. The van der Waals surface area contributed by atoms with Crippen LogP contribution in [-0.4, -0.2) is 22.8 Å². The van der Waals surface area contributed by atoms with E-state index in [2.05, 4.69) is 5.32 Å². The Morgan fingerprint density at radius 1 is 1.04 bits per heavy atom. The normalized spacial score (nSPS) is 14.7. The second-order valence-electron chi connectivity index (χ2n) is 6.26. The summed E-state index contributed by atoms with van der Waals surface area (Å²) in [6.07, 6.45) is 1.94. The standard InChI is InChI=1S/C20H22N2O2/c1-15(17-10-6-3-7-11-17)21-19(23)20(24)22(18-12-13-18)14-16-8-4-2-5-9-16/h2-11,15,18H,12-14H2,1H3,(H,21,23)/t15-/m0/s1. The highest BCUT2D eigenvalue weighted by atomic mass is 16.2. The second kappa shape index (κ2) is 7.30. The molecular weight excluding hydrogens is 300 g/mol. The maximum absolute atomic E-state index is 12.6. The lowest BCUT2D eigenvalue weighted by Gasteiger charge is -2.23. The van der Waals surface area contributed by atoms with Gasteiger partial charge in [0, 0.05) is 12.6 Å². The Hall–Kier alpha value is -2.62. The third kappa shape index (κ3) is 4.02. The van der Waals surface area contributed by atoms with Crippen molar-refractivity contribution in [1.82, 2.24) is 10.2 Å². The highest BCUT2D eigenvalue weighted by molar-refractivity contribution is 6.35. The minimum atomic E-state index is -0.533. The largest absolute Gasteiger partial charge is 0.341 e. The molecule has 0 spiro atoms. The lowest BCUT2D eigenvalue weighted by atomic mass is 10.1. The van der Waals surface area contributed by atoms with Crippen LogP contribution in [0.15, 0.2) is 60.7 Å². The average molecular weight is 322 g/mol. The first-order valence-corrected chi connectivity index (χ1v) is 8.35. The molecule has 0 heterocycles. The lowest BCUT2D eigenvalue weighted by Crippen LogP contribution is -2.44. The first kappa shape index (κ1) is 16.2. The van der Waals surface area contributed by atoms with Gasteiger partial charge in [-0.05, 0) is 30.9 Å². The zero-order chi connectivity index (χ0) is 16.9. The highest BCUT2D eigenvalue weighted by Gasteiger charge is 2.35. The van der Waals surface area contributed by atoms with Gasteiger partial charge < -0.3 is 10.2 Å². The van der Waals surface area contributed by atoms with E-state index in [0.29, 0.717) is 6.54 Å². The first-order chi connectivity index (χ1) is 11.6. The van der Waals surface area contributed by atoms with Crippen molar-refractivity contribution in [1.29, 1.82) is 0 Å². The predicted octanol–water partition coefficient (Wildman–Crippen LogP) is 3.06. The monoisotopic (exact) mass is 322 g/mol. The van der Waals surface area contributed by atoms with Gasteiger partial charge in [-0.15, -0.1) is 0 Å². The summed E-state index contributed by atoms with van der Waals surface area (Å²) in [6.45, 7) is 2.37. The molecule has 1 aliphatic rings. The number of amides is 2. The van der Waals surface area contributed by atoms with Gasteiger partial charge in [0.25, 0.3) is 0 Å². The van der Waals surface area contributed by atoms with Crippen LogP contribution >= 0.6 is 0 Å². The Morgan fingerprint density at radius 3 is 2.21 bits per heavy atom. The van der Waals surface area contributed by atoms with Crippen LogP contribution in [0.1, 0.15) is 36.9 Å². The van der Waals surface area contributed by atoms with Crippen LogP contribution in [0, 0.1) is 0 Å². The van der Waals surface area contributed by atoms with E-state index in [0.717, 1.165) is 24.0 Å². The fourth-order valence-corrected chi connectivity index (χ4v) is 2.75. The van der Waals surface area contributed by atoms with Crippen LogP contribution in [0.25, 0.3) is 0 Å². The van der Waals surface area contributed by atoms with E-state index in [9.17, 15) is 9.59 Å². The Balaban J connectivity index is 1.65. The minimum Gasteiger partial charge on any atom is -0.341 e. The number of nitrogens with one attached hydrogen (secondary N) is 1. The van der Waals surface area contributed by atoms with E-state index in [-0.39, 0.29) is 12.1 Å². The summed E-state index contributed by atoms with van der Waals surface area (Å²) in [7, 11) is 0. The Kier molecular flexibility index (Phi) is 4.94. The summed E-state index contributed by atoms with van der Waals surface area (Å²) in [4.78, 5) is 26.7. The summed E-state index contributed by atoms with van der Waals surface area (Å²) < 4.78 is 0. The smallest absolute Gasteiger partial charge is 0.312 e. The molecule has 0 aromatic heterocycles. The molecule has 24 heavy (non-hydrogen) atoms. The van der Waals surface area contributed by atoms with Crippen LogP contribution in [-0.2, 0) is 16.1 Å². The zero-order valence-corrected chi connectivity index (χ0v) is 13.8. The molecule has 1 aliphatic carbocycles. The molecule has 0 radical (unpaired) electrons. The third-order valence-corrected chi connectivity index (χ3v) is 4.29. The van der Waals surface area contributed by atoms with Crippen molar-refractivity contribution >= 4 is 11.8 Å². The molecule has 0 aliphatic heterocycles. The molecule has 1 N–H and O–H groups in total. The number of carbonyl (C=O) groups is 2. The molecule has 4 nitrogen and oxygen atoms in total. The van der Waals surface area contributed by atoms with E-state index in [1.165, 1.54) is 0 Å². The van der Waals surface area contributed by atoms with Crippen LogP contribution in [0.2, 0.25) is 0 Å². The maximum atomic E-state index is 12.6. The zero-order valence-electron chi connectivity index (χ0n) is 13.8. The van der Waals surface area contributed by atoms with Gasteiger partial charge in [-0.25, -0.2) is 0 Å². The van der Waals surface area contributed by atoms with Gasteiger partial charge in [-0.2, -0.15) is 0 Å². The number of rotatable bonds is 5. The second-order valence-corrected chi connectivity index (χ2v) is 6.26. The van der Waals surface area contributed by atoms with Crippen LogP contribution in [0.5, 0.6) is 0 Å². The van der Waals surface area contributed by atoms with Gasteiger partial charge in [0.15, 0.2) is 0 Å². The minimum absolute atomic E-state index is 0.190. The molecule has 3 rings (SSSR count). The summed E-state index contributed by atoms with van der Waals surface area (Å²) in [5, 5.41) is 2.81. The maximum Gasteiger partial charge on any atom is 0.312 e. The quantitative estimate of drug-likeness (QED) is 0.860. The van der Waals surface area contributed by atoms with Crippen LogP contribution in [0.4, 0.5) is 0 Å². The number of nitrogens with zero attached hydrogens (tertiary/aromatic N) is 1. The molecular formula is C20H22N2O2. The van der Waals surface area contributed by atoms with E-state index >= 15 is 0 Å². The molecule has 1 saturated carbocycles. The fourth-order valence-electron chi connectivity index (χ4n) is 2.75. The van der Waals surface area contributed by atoms with E-state index in [1.807, 2.05) is 67.6 Å². The van der Waals surface area contributed by atoms with Gasteiger partial charge in [-0.1, -0.05) is 60.7 Å². The van der Waals surface area contributed by atoms with Gasteiger partial charge >= 0.3 is 11.8 Å². The molecule has 0 unspecified atom stereocenters. The molecule has 0 bridgehead atoms. The van der Waals surface area contributed by atoms with Crippen LogP contribution in [0.3, 0.4) is 0 Å². The topological polar surface area (TPSA) is 49.4 Å². The number of hydrogen-bond donors (Lipinski definition) is 1. The third-order valence-electron chi connectivity index (χ3n) is 4.29. The van der Waals surface area contributed by atoms with Crippen molar-refractivity contribution in [3.63, 3.8) is 0 Å². The first-order valence-electron chi connectivity index (χ1n) is 8.35. The number of benzene rings is 2. The summed E-state index contributed by atoms with van der Waals surface area (Å²) in [5.41, 5.74) is 2.03. The van der Waals surface area contributed by atoms with Crippen molar-refractivity contribution in [2.75, 3.05) is 0 Å². The van der Waals surface area contributed by atoms with Crippen molar-refractivity contribution in [3.05, 3.63) is 71.8 Å². The van der Waals surface area contributed by atoms with Gasteiger partial charge in [0.05, 0.1) is 6.04 Å². The van der Waals surface area contributed by atoms with Crippen LogP contribution < -0.4 is 5.32 Å². The molecule has 2 aromatic rings. The number of hydrogen-bond acceptors (Lipinski definition) is 2. The molecule has 124 valence electrons. The summed E-state index contributed by atoms with van der Waals surface area (Å²) in [5.74, 6) is -0.974. The Bertz CT molecular complexity index is 696. The predicted molar refractivity (Wildman–Crippen MR) is 93.0 cm³/mol. The lowest BCUT2D eigenvalue weighted by molar-refractivity contribution is -0.147. The molecule has 2 aromatic carbocycles. The Labute approximate surface area is 142 Å². The van der Waals surface area contributed by atoms with Gasteiger partial charge in [0.2, 0.25) is 0 Å². The number of carbonyl (C=O) groups excluding carboxylic acids is 2. The SMILES string of the molecule is C[C@H](NC(=O)C(=O)N(Cc1ccccc1)C1CC1)c1ccccc1. The van der Waals surface area contributed by atoms with E-state index in [1.54, 1.807) is 4.90 Å². The Morgan fingerprint density at radius 2 is 1.62 bits per heavy atom. The van der Waals surface area contributed by atoms with Crippen molar-refractivity contribution in [2.45, 2.75) is 38.4 Å². The fraction of sp³-hybridized carbons (Fsp3) is 0.300. The summed E-state index contributed by atoms with van der Waals surface area (Å²) in [6, 6.07) is 19.5. The molecule has 0 saturated heterocycles. The van der Waals surface area contributed by atoms with Gasteiger partial charge in [0.1, 0.15) is 0 Å². The van der Waals surface area contributed by atoms with Crippen molar-refractivity contribution < 1.29 is 9.59 Å². The van der Waals surface area contributed by atoms with Gasteiger partial charge in [-0.3, -0.25) is 9.59 Å². The van der Waals surface area contributed by atoms with Crippen molar-refractivity contribution in [2.24, 2.45) is 0 Å². The molecule has 1 atom stereocenters. The molecule has 4 heteroatoms. The molecule has 2 amide bonds. The van der Waals surface area contributed by atoms with E-state index < -0.39 is 11.8 Å². The average Bonchev–Trinajstić information content (AvgIpc) is 3.45. The summed E-state index contributed by atoms with van der Waals surface area (Å²) >= 11 is 0. The highest BCUT2D eigenvalue weighted by Crippen LogP contribution is 2.28. The van der Waals surface area contributed by atoms with E-state index in [4.69, 9.17) is 0 Å².